The highest BCUT2D eigenvalue weighted by atomic mass is 16.3. The molecule has 0 saturated carbocycles. The minimum absolute atomic E-state index is 0.117. The fourth-order valence-electron chi connectivity index (χ4n) is 3.36. The second kappa shape index (κ2) is 6.84. The average molecular weight is 344 g/mol. The van der Waals surface area contributed by atoms with Gasteiger partial charge in [-0.1, -0.05) is 0 Å². The first-order chi connectivity index (χ1) is 11.9. The monoisotopic (exact) mass is 344 g/mol. The molecule has 0 bridgehead atoms. The average Bonchev–Trinajstić information content (AvgIpc) is 3.20. The number of aliphatic hydroxyl groups is 1. The van der Waals surface area contributed by atoms with Crippen molar-refractivity contribution in [3.8, 4) is 0 Å². The summed E-state index contributed by atoms with van der Waals surface area (Å²) in [7, 11) is 0. The number of hydrogen-bond donors (Lipinski definition) is 2. The van der Waals surface area contributed by atoms with Gasteiger partial charge in [0.25, 0.3) is 0 Å². The standard InChI is InChI=1S/C18H24N4O3/c1-12-10-14(13(2)25-12)18(3,24)11-21-16(23)15-6-4-9-22(15)17-19-7-5-8-20-17/h5,7-8,10,15,24H,4,6,9,11H2,1-3H3,(H,21,23)/t15-,18+/m1/s1. The van der Waals surface area contributed by atoms with Crippen molar-refractivity contribution < 1.29 is 14.3 Å². The number of hydrogen-bond acceptors (Lipinski definition) is 6. The minimum atomic E-state index is -1.19. The van der Waals surface area contributed by atoms with Gasteiger partial charge in [-0.15, -0.1) is 0 Å². The normalized spacial score (nSPS) is 19.7. The van der Waals surface area contributed by atoms with Gasteiger partial charge in [0.05, 0.1) is 6.54 Å². The number of nitrogens with zero attached hydrogens (tertiary/aromatic N) is 3. The van der Waals surface area contributed by atoms with Crippen molar-refractivity contribution in [1.29, 1.82) is 0 Å². The van der Waals surface area contributed by atoms with Gasteiger partial charge in [0.1, 0.15) is 23.2 Å². The molecule has 7 heteroatoms. The largest absolute Gasteiger partial charge is 0.466 e. The Hall–Kier alpha value is -2.41. The highest BCUT2D eigenvalue weighted by Gasteiger charge is 2.34. The Bertz CT molecular complexity index is 742. The van der Waals surface area contributed by atoms with Crippen LogP contribution in [0, 0.1) is 13.8 Å². The Labute approximate surface area is 147 Å². The van der Waals surface area contributed by atoms with E-state index in [1.807, 2.05) is 18.7 Å². The molecule has 2 aromatic rings. The maximum Gasteiger partial charge on any atom is 0.242 e. The van der Waals surface area contributed by atoms with E-state index in [1.165, 1.54) is 0 Å². The summed E-state index contributed by atoms with van der Waals surface area (Å²) in [5.41, 5.74) is -0.496. The van der Waals surface area contributed by atoms with Crippen molar-refractivity contribution in [2.45, 2.75) is 45.3 Å². The van der Waals surface area contributed by atoms with Crippen LogP contribution in [0.2, 0.25) is 0 Å². The summed E-state index contributed by atoms with van der Waals surface area (Å²) in [6.45, 7) is 6.19. The summed E-state index contributed by atoms with van der Waals surface area (Å²) in [6.07, 6.45) is 5.00. The third kappa shape index (κ3) is 3.66. The van der Waals surface area contributed by atoms with Crippen LogP contribution in [-0.4, -0.2) is 40.1 Å². The van der Waals surface area contributed by atoms with Gasteiger partial charge in [0.2, 0.25) is 11.9 Å². The predicted octanol–water partition coefficient (Wildman–Crippen LogP) is 1.68. The smallest absolute Gasteiger partial charge is 0.242 e. The molecule has 0 spiro atoms. The molecule has 2 N–H and O–H groups in total. The summed E-state index contributed by atoms with van der Waals surface area (Å²) in [6, 6.07) is 3.24. The maximum absolute atomic E-state index is 12.7. The van der Waals surface area contributed by atoms with Crippen molar-refractivity contribution in [3.05, 3.63) is 41.6 Å². The Morgan fingerprint density at radius 2 is 2.16 bits per heavy atom. The van der Waals surface area contributed by atoms with E-state index in [1.54, 1.807) is 31.5 Å². The van der Waals surface area contributed by atoms with Crippen LogP contribution in [-0.2, 0) is 10.4 Å². The molecular formula is C18H24N4O3. The summed E-state index contributed by atoms with van der Waals surface area (Å²) < 4.78 is 5.48. The molecule has 1 aliphatic heterocycles. The van der Waals surface area contributed by atoms with Gasteiger partial charge in [0, 0.05) is 24.5 Å². The van der Waals surface area contributed by atoms with Gasteiger partial charge >= 0.3 is 0 Å². The predicted molar refractivity (Wildman–Crippen MR) is 93.2 cm³/mol. The summed E-state index contributed by atoms with van der Waals surface area (Å²) in [5.74, 6) is 1.84. The first-order valence-corrected chi connectivity index (χ1v) is 8.50. The van der Waals surface area contributed by atoms with Crippen molar-refractivity contribution in [1.82, 2.24) is 15.3 Å². The van der Waals surface area contributed by atoms with Crippen LogP contribution >= 0.6 is 0 Å². The second-order valence-corrected chi connectivity index (χ2v) is 6.72. The van der Waals surface area contributed by atoms with Gasteiger partial charge < -0.3 is 19.7 Å². The van der Waals surface area contributed by atoms with Gasteiger partial charge in [-0.2, -0.15) is 0 Å². The molecule has 3 rings (SSSR count). The van der Waals surface area contributed by atoms with E-state index in [2.05, 4.69) is 15.3 Å². The summed E-state index contributed by atoms with van der Waals surface area (Å²) in [5, 5.41) is 13.6. The summed E-state index contributed by atoms with van der Waals surface area (Å²) in [4.78, 5) is 23.0. The van der Waals surface area contributed by atoms with Crippen molar-refractivity contribution in [2.75, 3.05) is 18.0 Å². The van der Waals surface area contributed by atoms with Crippen LogP contribution < -0.4 is 10.2 Å². The highest BCUT2D eigenvalue weighted by molar-refractivity contribution is 5.85. The zero-order chi connectivity index (χ0) is 18.0. The Balaban J connectivity index is 1.66. The lowest BCUT2D eigenvalue weighted by Crippen LogP contribution is -2.48. The van der Waals surface area contributed by atoms with Gasteiger partial charge in [-0.25, -0.2) is 9.97 Å². The first-order valence-electron chi connectivity index (χ1n) is 8.50. The molecule has 1 saturated heterocycles. The van der Waals surface area contributed by atoms with Crippen molar-refractivity contribution >= 4 is 11.9 Å². The molecule has 0 radical (unpaired) electrons. The topological polar surface area (TPSA) is 91.5 Å². The lowest BCUT2D eigenvalue weighted by molar-refractivity contribution is -0.123. The Morgan fingerprint density at radius 3 is 2.80 bits per heavy atom. The molecule has 3 heterocycles. The van der Waals surface area contributed by atoms with E-state index >= 15 is 0 Å². The van der Waals surface area contributed by atoms with Gasteiger partial charge in [-0.3, -0.25) is 4.79 Å². The molecule has 0 aromatic carbocycles. The quantitative estimate of drug-likeness (QED) is 0.857. The van der Waals surface area contributed by atoms with Crippen LogP contribution in [0.5, 0.6) is 0 Å². The third-order valence-corrected chi connectivity index (χ3v) is 4.59. The van der Waals surface area contributed by atoms with E-state index in [0.29, 0.717) is 17.3 Å². The summed E-state index contributed by atoms with van der Waals surface area (Å²) >= 11 is 0. The Morgan fingerprint density at radius 1 is 1.44 bits per heavy atom. The van der Waals surface area contributed by atoms with E-state index < -0.39 is 5.60 Å². The zero-order valence-electron chi connectivity index (χ0n) is 14.8. The number of carbonyl (C=O) groups is 1. The minimum Gasteiger partial charge on any atom is -0.466 e. The molecular weight excluding hydrogens is 320 g/mol. The number of amides is 1. The van der Waals surface area contributed by atoms with Crippen LogP contribution in [0.3, 0.4) is 0 Å². The number of furan rings is 1. The molecule has 0 unspecified atom stereocenters. The maximum atomic E-state index is 12.7. The molecule has 25 heavy (non-hydrogen) atoms. The SMILES string of the molecule is Cc1cc([C@@](C)(O)CNC(=O)[C@H]2CCCN2c2ncccn2)c(C)o1. The molecule has 134 valence electrons. The molecule has 1 amide bonds. The zero-order valence-corrected chi connectivity index (χ0v) is 14.8. The van der Waals surface area contributed by atoms with E-state index in [0.717, 1.165) is 25.1 Å². The number of aromatic nitrogens is 2. The first kappa shape index (κ1) is 17.4. The lowest BCUT2D eigenvalue weighted by Gasteiger charge is -2.27. The molecule has 2 aromatic heterocycles. The number of rotatable bonds is 5. The van der Waals surface area contributed by atoms with E-state index in [4.69, 9.17) is 4.42 Å². The fourth-order valence-corrected chi connectivity index (χ4v) is 3.36. The molecule has 2 atom stereocenters. The van der Waals surface area contributed by atoms with Crippen molar-refractivity contribution in [3.63, 3.8) is 0 Å². The fraction of sp³-hybridized carbons (Fsp3) is 0.500. The van der Waals surface area contributed by atoms with Crippen molar-refractivity contribution in [2.24, 2.45) is 0 Å². The van der Waals surface area contributed by atoms with Crippen LogP contribution in [0.1, 0.15) is 36.8 Å². The lowest BCUT2D eigenvalue weighted by atomic mass is 9.96. The van der Waals surface area contributed by atoms with Crippen LogP contribution in [0.25, 0.3) is 0 Å². The van der Waals surface area contributed by atoms with Crippen LogP contribution in [0.15, 0.2) is 28.9 Å². The second-order valence-electron chi connectivity index (χ2n) is 6.72. The van der Waals surface area contributed by atoms with E-state index in [9.17, 15) is 9.90 Å². The number of anilines is 1. The molecule has 7 nitrogen and oxygen atoms in total. The van der Waals surface area contributed by atoms with Crippen LogP contribution in [0.4, 0.5) is 5.95 Å². The number of aryl methyl sites for hydroxylation is 2. The molecule has 1 fully saturated rings. The van der Waals surface area contributed by atoms with Gasteiger partial charge in [-0.05, 0) is 45.7 Å². The Kier molecular flexibility index (Phi) is 4.76. The molecule has 0 aliphatic carbocycles. The molecule has 1 aliphatic rings. The third-order valence-electron chi connectivity index (χ3n) is 4.59. The van der Waals surface area contributed by atoms with E-state index in [-0.39, 0.29) is 18.5 Å². The highest BCUT2D eigenvalue weighted by Crippen LogP contribution is 2.27. The number of carbonyl (C=O) groups excluding carboxylic acids is 1. The number of nitrogens with one attached hydrogen (secondary N) is 1. The van der Waals surface area contributed by atoms with Gasteiger partial charge in [0.15, 0.2) is 0 Å².